The first-order valence-electron chi connectivity index (χ1n) is 13.8. The molecule has 3 heterocycles. The third kappa shape index (κ3) is 5.39. The van der Waals surface area contributed by atoms with Gasteiger partial charge in [0.05, 0.1) is 12.5 Å². The van der Waals surface area contributed by atoms with E-state index in [2.05, 4.69) is 4.98 Å². The fourth-order valence-corrected chi connectivity index (χ4v) is 7.76. The predicted molar refractivity (Wildman–Crippen MR) is 167 cm³/mol. The van der Waals surface area contributed by atoms with Crippen LogP contribution in [0.2, 0.25) is 10.0 Å². The highest BCUT2D eigenvalue weighted by molar-refractivity contribution is 8.01. The van der Waals surface area contributed by atoms with Gasteiger partial charge in [0.1, 0.15) is 4.75 Å². The molecule has 0 saturated carbocycles. The van der Waals surface area contributed by atoms with Crippen molar-refractivity contribution in [2.75, 3.05) is 26.2 Å². The lowest BCUT2D eigenvalue weighted by atomic mass is 9.90. The predicted octanol–water partition coefficient (Wildman–Crippen LogP) is 6.09. The molecule has 1 aromatic heterocycles. The second-order valence-corrected chi connectivity index (χ2v) is 13.2. The van der Waals surface area contributed by atoms with Crippen LogP contribution in [-0.4, -0.2) is 68.8 Å². The Balaban J connectivity index is 1.51. The molecule has 0 radical (unpaired) electrons. The number of benzene rings is 3. The second kappa shape index (κ2) is 11.7. The van der Waals surface area contributed by atoms with Gasteiger partial charge in [0.25, 0.3) is 0 Å². The number of carbonyl (C=O) groups is 3. The van der Waals surface area contributed by atoms with Gasteiger partial charge < -0.3 is 19.7 Å². The summed E-state index contributed by atoms with van der Waals surface area (Å²) in [6.07, 6.45) is 2.77. The molecule has 6 rings (SSSR count). The Labute approximate surface area is 258 Å². The number of aromatic amines is 1. The molecular weight excluding hydrogens is 591 g/mol. The number of halogens is 2. The molecular formula is C32H30Cl2N4O3S. The maximum atomic E-state index is 14.8. The molecule has 42 heavy (non-hydrogen) atoms. The van der Waals surface area contributed by atoms with Crippen molar-refractivity contribution in [1.82, 2.24) is 19.7 Å². The smallest absolute Gasteiger partial charge is 0.242 e. The first kappa shape index (κ1) is 28.6. The molecule has 3 aromatic carbocycles. The standard InChI is InChI=1S/C32H30Cl2N4O3S/c1-21-2-9-25(10-3-21)42-32(31(41)37-14-12-36(20-39)13-15-37)17-29(40)38(19-22-4-6-23(33)7-5-22)30(32)27-18-35-28-16-24(34)8-11-26(27)28/h2-11,16,18,20,30,35H,12-15,17,19H2,1H3. The Morgan fingerprint density at radius 2 is 1.69 bits per heavy atom. The largest absolute Gasteiger partial charge is 0.361 e. The number of H-pyrrole nitrogens is 1. The van der Waals surface area contributed by atoms with Crippen LogP contribution in [0.3, 0.4) is 0 Å². The number of nitrogens with zero attached hydrogens (tertiary/aromatic N) is 3. The van der Waals surface area contributed by atoms with E-state index in [0.29, 0.717) is 42.8 Å². The first-order valence-corrected chi connectivity index (χ1v) is 15.4. The zero-order valence-corrected chi connectivity index (χ0v) is 25.4. The van der Waals surface area contributed by atoms with Gasteiger partial charge in [-0.3, -0.25) is 14.4 Å². The highest BCUT2D eigenvalue weighted by Gasteiger charge is 2.59. The zero-order valence-electron chi connectivity index (χ0n) is 23.1. The van der Waals surface area contributed by atoms with E-state index in [1.165, 1.54) is 11.8 Å². The van der Waals surface area contributed by atoms with Crippen LogP contribution in [0.15, 0.2) is 77.8 Å². The van der Waals surface area contributed by atoms with Crippen LogP contribution < -0.4 is 0 Å². The van der Waals surface area contributed by atoms with E-state index in [-0.39, 0.29) is 18.2 Å². The minimum Gasteiger partial charge on any atom is -0.361 e. The quantitative estimate of drug-likeness (QED) is 0.254. The Kier molecular flexibility index (Phi) is 7.96. The molecule has 2 fully saturated rings. The SMILES string of the molecule is Cc1ccc(SC2(C(=O)N3CCN(C=O)CC3)CC(=O)N(Cc3ccc(Cl)cc3)C2c2c[nH]c3cc(Cl)ccc23)cc1. The van der Waals surface area contributed by atoms with Crippen LogP contribution in [0.4, 0.5) is 0 Å². The van der Waals surface area contributed by atoms with Gasteiger partial charge in [-0.15, -0.1) is 11.8 Å². The monoisotopic (exact) mass is 620 g/mol. The van der Waals surface area contributed by atoms with Crippen LogP contribution in [0.5, 0.6) is 0 Å². The first-order chi connectivity index (χ1) is 20.3. The average Bonchev–Trinajstić information content (AvgIpc) is 3.52. The van der Waals surface area contributed by atoms with Crippen molar-refractivity contribution in [3.05, 3.63) is 99.7 Å². The lowest BCUT2D eigenvalue weighted by Gasteiger charge is -2.42. The minimum atomic E-state index is -1.16. The lowest BCUT2D eigenvalue weighted by molar-refractivity contribution is -0.138. The summed E-state index contributed by atoms with van der Waals surface area (Å²) in [5.74, 6) is -0.198. The zero-order chi connectivity index (χ0) is 29.4. The Bertz CT molecular complexity index is 1630. The normalized spacial score (nSPS) is 20.9. The number of rotatable bonds is 7. The summed E-state index contributed by atoms with van der Waals surface area (Å²) >= 11 is 13.9. The van der Waals surface area contributed by atoms with Crippen molar-refractivity contribution in [1.29, 1.82) is 0 Å². The summed E-state index contributed by atoms with van der Waals surface area (Å²) in [6, 6.07) is 20.6. The average molecular weight is 622 g/mol. The molecule has 4 aromatic rings. The second-order valence-electron chi connectivity index (χ2n) is 10.9. The van der Waals surface area contributed by atoms with Crippen LogP contribution >= 0.6 is 35.0 Å². The number of thioether (sulfide) groups is 1. The molecule has 2 unspecified atom stereocenters. The van der Waals surface area contributed by atoms with Gasteiger partial charge >= 0.3 is 0 Å². The molecule has 0 spiro atoms. The van der Waals surface area contributed by atoms with Gasteiger partial charge in [-0.2, -0.15) is 0 Å². The maximum Gasteiger partial charge on any atom is 0.242 e. The van der Waals surface area contributed by atoms with Crippen LogP contribution in [0.1, 0.15) is 29.2 Å². The highest BCUT2D eigenvalue weighted by Crippen LogP contribution is 2.55. The van der Waals surface area contributed by atoms with Gasteiger partial charge in [-0.1, -0.05) is 59.1 Å². The summed E-state index contributed by atoms with van der Waals surface area (Å²) in [4.78, 5) is 49.9. The summed E-state index contributed by atoms with van der Waals surface area (Å²) in [5, 5.41) is 2.12. The van der Waals surface area contributed by atoms with E-state index >= 15 is 0 Å². The van der Waals surface area contributed by atoms with E-state index in [0.717, 1.165) is 38.9 Å². The number of amides is 3. The number of carbonyl (C=O) groups excluding carboxylic acids is 3. The number of hydrogen-bond acceptors (Lipinski definition) is 4. The molecule has 1 N–H and O–H groups in total. The van der Waals surface area contributed by atoms with Gasteiger partial charge in [0.15, 0.2) is 0 Å². The number of aryl methyl sites for hydroxylation is 1. The Morgan fingerprint density at radius 1 is 1.00 bits per heavy atom. The maximum absolute atomic E-state index is 14.8. The molecule has 216 valence electrons. The molecule has 2 saturated heterocycles. The van der Waals surface area contributed by atoms with Crippen LogP contribution in [0, 0.1) is 6.92 Å². The van der Waals surface area contributed by atoms with E-state index < -0.39 is 10.8 Å². The Morgan fingerprint density at radius 3 is 2.38 bits per heavy atom. The topological polar surface area (TPSA) is 76.7 Å². The number of hydrogen-bond donors (Lipinski definition) is 1. The third-order valence-corrected chi connectivity index (χ3v) is 10.1. The lowest BCUT2D eigenvalue weighted by Crippen LogP contribution is -2.56. The number of aromatic nitrogens is 1. The summed E-state index contributed by atoms with van der Waals surface area (Å²) in [6.45, 7) is 4.08. The van der Waals surface area contributed by atoms with Crippen molar-refractivity contribution in [2.45, 2.75) is 35.6 Å². The molecule has 2 atom stereocenters. The van der Waals surface area contributed by atoms with Crippen molar-refractivity contribution in [3.63, 3.8) is 0 Å². The van der Waals surface area contributed by atoms with Gasteiger partial charge in [-0.05, 0) is 48.9 Å². The van der Waals surface area contributed by atoms with Crippen molar-refractivity contribution in [3.8, 4) is 0 Å². The van der Waals surface area contributed by atoms with Crippen LogP contribution in [-0.2, 0) is 20.9 Å². The van der Waals surface area contributed by atoms with E-state index in [1.54, 1.807) is 4.90 Å². The number of nitrogens with one attached hydrogen (secondary N) is 1. The Hall–Kier alpha value is -3.46. The molecule has 2 aliphatic heterocycles. The van der Waals surface area contributed by atoms with Crippen molar-refractivity contribution in [2.24, 2.45) is 0 Å². The minimum absolute atomic E-state index is 0.0385. The number of piperazine rings is 1. The molecule has 3 amide bonds. The summed E-state index contributed by atoms with van der Waals surface area (Å²) < 4.78 is -1.16. The van der Waals surface area contributed by atoms with Gasteiger partial charge in [-0.25, -0.2) is 0 Å². The van der Waals surface area contributed by atoms with Gasteiger partial charge in [0, 0.05) is 70.3 Å². The van der Waals surface area contributed by atoms with Crippen molar-refractivity contribution >= 4 is 64.1 Å². The summed E-state index contributed by atoms with van der Waals surface area (Å²) in [5.41, 5.74) is 3.73. The number of fused-ring (bicyclic) bond motifs is 1. The van der Waals surface area contributed by atoms with E-state index in [4.69, 9.17) is 23.2 Å². The molecule has 10 heteroatoms. The highest BCUT2D eigenvalue weighted by atomic mass is 35.5. The van der Waals surface area contributed by atoms with Gasteiger partial charge in [0.2, 0.25) is 18.2 Å². The van der Waals surface area contributed by atoms with Crippen LogP contribution in [0.25, 0.3) is 10.9 Å². The van der Waals surface area contributed by atoms with E-state index in [9.17, 15) is 14.4 Å². The molecule has 0 bridgehead atoms. The third-order valence-electron chi connectivity index (χ3n) is 8.16. The number of likely N-dealkylation sites (tertiary alicyclic amines) is 1. The summed E-state index contributed by atoms with van der Waals surface area (Å²) in [7, 11) is 0. The molecule has 7 nitrogen and oxygen atoms in total. The fraction of sp³-hybridized carbons (Fsp3) is 0.281. The molecule has 2 aliphatic rings. The fourth-order valence-electron chi connectivity index (χ4n) is 5.99. The van der Waals surface area contributed by atoms with Crippen molar-refractivity contribution < 1.29 is 14.4 Å². The molecule has 0 aliphatic carbocycles. The van der Waals surface area contributed by atoms with E-state index in [1.807, 2.05) is 89.7 Å².